The molecule has 0 saturated carbocycles. The number of ether oxygens (including phenoxy) is 2. The van der Waals surface area contributed by atoms with E-state index in [4.69, 9.17) is 14.0 Å². The molecule has 0 spiro atoms. The molecule has 1 aromatic carbocycles. The highest BCUT2D eigenvalue weighted by atomic mass is 35.5. The van der Waals surface area contributed by atoms with E-state index >= 15 is 0 Å². The van der Waals surface area contributed by atoms with Gasteiger partial charge >= 0.3 is 0 Å². The molecule has 2 aromatic rings. The van der Waals surface area contributed by atoms with Crippen molar-refractivity contribution in [3.63, 3.8) is 0 Å². The summed E-state index contributed by atoms with van der Waals surface area (Å²) in [6, 6.07) is 4.08. The molecule has 1 unspecified atom stereocenters. The first-order chi connectivity index (χ1) is 11.1. The van der Waals surface area contributed by atoms with E-state index in [0.717, 1.165) is 11.1 Å². The molecule has 1 heterocycles. The van der Waals surface area contributed by atoms with E-state index in [-0.39, 0.29) is 18.4 Å². The fourth-order valence-electron chi connectivity index (χ4n) is 2.30. The van der Waals surface area contributed by atoms with Gasteiger partial charge in [-0.3, -0.25) is 0 Å². The van der Waals surface area contributed by atoms with Gasteiger partial charge in [-0.25, -0.2) is 0 Å². The molecule has 132 valence electrons. The Hall–Kier alpha value is -2.05. The molecule has 2 rings (SSSR count). The molecular weight excluding hydrogens is 330 g/mol. The minimum atomic E-state index is 0. The van der Waals surface area contributed by atoms with Gasteiger partial charge < -0.3 is 19.3 Å². The fraction of sp³-hybridized carbons (Fsp3) is 0.412. The van der Waals surface area contributed by atoms with Gasteiger partial charge in [0.2, 0.25) is 0 Å². The minimum absolute atomic E-state index is 0. The Kier molecular flexibility index (Phi) is 7.74. The molecule has 0 amide bonds. The van der Waals surface area contributed by atoms with E-state index in [1.165, 1.54) is 0 Å². The van der Waals surface area contributed by atoms with E-state index in [1.54, 1.807) is 14.2 Å². The van der Waals surface area contributed by atoms with Crippen LogP contribution in [0.4, 0.5) is 0 Å². The quantitative estimate of drug-likeness (QED) is 0.735. The Labute approximate surface area is 148 Å². The predicted octanol–water partition coefficient (Wildman–Crippen LogP) is 3.05. The van der Waals surface area contributed by atoms with Crippen molar-refractivity contribution in [3.8, 4) is 23.0 Å². The van der Waals surface area contributed by atoms with Gasteiger partial charge in [0.15, 0.2) is 17.3 Å². The van der Waals surface area contributed by atoms with Crippen LogP contribution in [0.25, 0.3) is 11.5 Å². The number of nitrogens with one attached hydrogen (secondary N) is 1. The summed E-state index contributed by atoms with van der Waals surface area (Å²) >= 11 is 0. The fourth-order valence-corrected chi connectivity index (χ4v) is 2.30. The maximum absolute atomic E-state index is 5.44. The predicted molar refractivity (Wildman–Crippen MR) is 96.2 cm³/mol. The highest BCUT2D eigenvalue weighted by molar-refractivity contribution is 5.85. The Balaban J connectivity index is 0.00000288. The zero-order chi connectivity index (χ0) is 16.8. The third kappa shape index (κ3) is 4.49. The number of nitrogens with zero attached hydrogens (tertiary/aromatic N) is 2. The van der Waals surface area contributed by atoms with Gasteiger partial charge in [0.1, 0.15) is 0 Å². The van der Waals surface area contributed by atoms with Crippen molar-refractivity contribution in [2.45, 2.75) is 25.8 Å². The lowest BCUT2D eigenvalue weighted by Gasteiger charge is -2.13. The average Bonchev–Trinajstić information content (AvgIpc) is 3.02. The molecule has 0 aliphatic carbocycles. The van der Waals surface area contributed by atoms with E-state index < -0.39 is 0 Å². The number of hydrogen-bond acceptors (Lipinski definition) is 6. The van der Waals surface area contributed by atoms with Crippen LogP contribution in [0, 0.1) is 0 Å². The number of hydrogen-bond donors (Lipinski definition) is 1. The number of likely N-dealkylation sites (N-methyl/N-ethyl adjacent to an activating group) is 1. The molecule has 1 aromatic heterocycles. The Bertz CT molecular complexity index is 673. The Morgan fingerprint density at radius 2 is 2.08 bits per heavy atom. The van der Waals surface area contributed by atoms with Gasteiger partial charge in [-0.1, -0.05) is 11.2 Å². The van der Waals surface area contributed by atoms with Crippen molar-refractivity contribution in [2.24, 2.45) is 0 Å². The smallest absolute Gasteiger partial charge is 0.258 e. The Morgan fingerprint density at radius 1 is 1.33 bits per heavy atom. The van der Waals surface area contributed by atoms with Gasteiger partial charge in [-0.15, -0.1) is 19.0 Å². The second-order valence-electron chi connectivity index (χ2n) is 5.27. The van der Waals surface area contributed by atoms with Gasteiger partial charge in [-0.05, 0) is 32.5 Å². The van der Waals surface area contributed by atoms with E-state index in [1.807, 2.05) is 25.3 Å². The van der Waals surface area contributed by atoms with Crippen LogP contribution in [0.3, 0.4) is 0 Å². The molecule has 0 bridgehead atoms. The maximum Gasteiger partial charge on any atom is 0.258 e. The average molecular weight is 354 g/mol. The first-order valence-electron chi connectivity index (χ1n) is 7.48. The first-order valence-corrected chi connectivity index (χ1v) is 7.48. The van der Waals surface area contributed by atoms with Gasteiger partial charge in [0, 0.05) is 23.6 Å². The van der Waals surface area contributed by atoms with Crippen molar-refractivity contribution in [3.05, 3.63) is 36.2 Å². The summed E-state index contributed by atoms with van der Waals surface area (Å²) in [5.74, 6) is 2.46. The lowest BCUT2D eigenvalue weighted by molar-refractivity contribution is 0.352. The van der Waals surface area contributed by atoms with Crippen molar-refractivity contribution >= 4 is 12.4 Å². The third-order valence-electron chi connectivity index (χ3n) is 3.62. The molecule has 24 heavy (non-hydrogen) atoms. The van der Waals surface area contributed by atoms with Crippen molar-refractivity contribution < 1.29 is 14.0 Å². The van der Waals surface area contributed by atoms with Crippen LogP contribution < -0.4 is 14.8 Å². The summed E-state index contributed by atoms with van der Waals surface area (Å²) in [6.45, 7) is 5.84. The molecule has 6 nitrogen and oxygen atoms in total. The minimum Gasteiger partial charge on any atom is -0.493 e. The van der Waals surface area contributed by atoms with Crippen LogP contribution in [-0.4, -0.2) is 37.4 Å². The molecule has 0 aliphatic rings. The summed E-state index contributed by atoms with van der Waals surface area (Å²) in [5, 5.41) is 7.19. The monoisotopic (exact) mass is 353 g/mol. The molecule has 1 N–H and O–H groups in total. The first kappa shape index (κ1) is 20.0. The van der Waals surface area contributed by atoms with Crippen LogP contribution in [0.2, 0.25) is 0 Å². The van der Waals surface area contributed by atoms with Gasteiger partial charge in [0.05, 0.1) is 14.2 Å². The number of allylic oxidation sites excluding steroid dienone is 1. The van der Waals surface area contributed by atoms with Crippen LogP contribution in [-0.2, 0) is 12.8 Å². The van der Waals surface area contributed by atoms with Crippen molar-refractivity contribution in [1.82, 2.24) is 15.5 Å². The topological polar surface area (TPSA) is 69.4 Å². The van der Waals surface area contributed by atoms with Crippen molar-refractivity contribution in [2.75, 3.05) is 21.3 Å². The molecule has 1 atom stereocenters. The van der Waals surface area contributed by atoms with Crippen LogP contribution >= 0.6 is 12.4 Å². The van der Waals surface area contributed by atoms with Crippen LogP contribution in [0.1, 0.15) is 18.3 Å². The second-order valence-corrected chi connectivity index (χ2v) is 5.27. The molecule has 0 saturated heterocycles. The summed E-state index contributed by atoms with van der Waals surface area (Å²) < 4.78 is 16.2. The molecule has 0 aliphatic heterocycles. The highest BCUT2D eigenvalue weighted by Gasteiger charge is 2.17. The molecule has 0 radical (unpaired) electrons. The lowest BCUT2D eigenvalue weighted by atomic mass is 10.1. The van der Waals surface area contributed by atoms with E-state index in [9.17, 15) is 0 Å². The van der Waals surface area contributed by atoms with Gasteiger partial charge in [-0.2, -0.15) is 4.98 Å². The van der Waals surface area contributed by atoms with Gasteiger partial charge in [0.25, 0.3) is 5.89 Å². The summed E-state index contributed by atoms with van der Waals surface area (Å²) in [6.07, 6.45) is 3.17. The lowest BCUT2D eigenvalue weighted by Crippen LogP contribution is -2.24. The highest BCUT2D eigenvalue weighted by Crippen LogP contribution is 2.36. The summed E-state index contributed by atoms with van der Waals surface area (Å²) in [5.41, 5.74) is 1.76. The maximum atomic E-state index is 5.44. The number of benzene rings is 1. The van der Waals surface area contributed by atoms with E-state index in [2.05, 4.69) is 29.0 Å². The second kappa shape index (κ2) is 9.30. The van der Waals surface area contributed by atoms with Crippen LogP contribution in [0.5, 0.6) is 11.5 Å². The molecular formula is C17H24ClN3O3. The third-order valence-corrected chi connectivity index (χ3v) is 3.62. The SMILES string of the molecule is C=CCc1cc(-c2nc(CC(C)NC)no2)cc(OC)c1OC.Cl. The van der Waals surface area contributed by atoms with Crippen LogP contribution in [0.15, 0.2) is 29.3 Å². The summed E-state index contributed by atoms with van der Waals surface area (Å²) in [4.78, 5) is 4.46. The standard InChI is InChI=1S/C17H23N3O3.ClH/c1-6-7-12-9-13(10-14(21-4)16(12)22-5)17-19-15(20-23-17)8-11(2)18-3;/h6,9-11,18H,1,7-8H2,2-5H3;1H. The summed E-state index contributed by atoms with van der Waals surface area (Å²) in [7, 11) is 5.13. The number of methoxy groups -OCH3 is 2. The number of halogens is 1. The zero-order valence-corrected chi connectivity index (χ0v) is 15.3. The Morgan fingerprint density at radius 3 is 2.67 bits per heavy atom. The van der Waals surface area contributed by atoms with Crippen molar-refractivity contribution in [1.29, 1.82) is 0 Å². The zero-order valence-electron chi connectivity index (χ0n) is 14.5. The normalized spacial score (nSPS) is 11.5. The molecule has 7 heteroatoms. The number of rotatable bonds is 8. The van der Waals surface area contributed by atoms with E-state index in [0.29, 0.717) is 36.1 Å². The largest absolute Gasteiger partial charge is 0.493 e. The molecule has 0 fully saturated rings. The number of aromatic nitrogens is 2.